The molecule has 20 heavy (non-hydrogen) atoms. The molecule has 1 amide bonds. The van der Waals surface area contributed by atoms with E-state index in [-0.39, 0.29) is 12.2 Å². The molecule has 0 aromatic heterocycles. The number of methoxy groups -OCH3 is 1. The summed E-state index contributed by atoms with van der Waals surface area (Å²) in [6.45, 7) is 3.61. The van der Waals surface area contributed by atoms with Crippen LogP contribution < -0.4 is 11.1 Å². The topological polar surface area (TPSA) is 64.3 Å². The Morgan fingerprint density at radius 2 is 1.95 bits per heavy atom. The van der Waals surface area contributed by atoms with Crippen molar-refractivity contribution in [2.75, 3.05) is 19.5 Å². The summed E-state index contributed by atoms with van der Waals surface area (Å²) in [5.74, 6) is -0.671. The summed E-state index contributed by atoms with van der Waals surface area (Å²) in [4.78, 5) is 12.0. The van der Waals surface area contributed by atoms with E-state index in [2.05, 4.69) is 5.32 Å². The Morgan fingerprint density at radius 3 is 2.45 bits per heavy atom. The van der Waals surface area contributed by atoms with Crippen LogP contribution in [0.25, 0.3) is 0 Å². The zero-order valence-corrected chi connectivity index (χ0v) is 11.5. The molecule has 3 N–H and O–H groups in total. The van der Waals surface area contributed by atoms with Gasteiger partial charge >= 0.3 is 6.18 Å². The monoisotopic (exact) mass is 290 g/mol. The van der Waals surface area contributed by atoms with E-state index in [1.54, 1.807) is 13.8 Å². The lowest BCUT2D eigenvalue weighted by atomic mass is 10.0. The quantitative estimate of drug-likeness (QED) is 0.837. The zero-order valence-electron chi connectivity index (χ0n) is 11.5. The van der Waals surface area contributed by atoms with Gasteiger partial charge in [0.1, 0.15) is 0 Å². The van der Waals surface area contributed by atoms with Crippen LogP contribution >= 0.6 is 0 Å². The summed E-state index contributed by atoms with van der Waals surface area (Å²) in [5, 5.41) is 2.58. The van der Waals surface area contributed by atoms with Gasteiger partial charge in [-0.25, -0.2) is 0 Å². The Balaban J connectivity index is 3.06. The minimum absolute atomic E-state index is 0.205. The maximum atomic E-state index is 12.7. The maximum absolute atomic E-state index is 12.7. The van der Waals surface area contributed by atoms with Crippen molar-refractivity contribution in [1.29, 1.82) is 0 Å². The van der Waals surface area contributed by atoms with E-state index in [1.807, 2.05) is 0 Å². The molecule has 0 saturated heterocycles. The summed E-state index contributed by atoms with van der Waals surface area (Å²) in [5.41, 5.74) is 2.93. The van der Waals surface area contributed by atoms with Crippen LogP contribution in [0.4, 0.5) is 18.9 Å². The van der Waals surface area contributed by atoms with Crippen LogP contribution in [0.1, 0.15) is 29.8 Å². The van der Waals surface area contributed by atoms with Gasteiger partial charge < -0.3 is 15.8 Å². The third-order valence-electron chi connectivity index (χ3n) is 2.61. The smallest absolute Gasteiger partial charge is 0.398 e. The van der Waals surface area contributed by atoms with Gasteiger partial charge in [-0.3, -0.25) is 4.79 Å². The van der Waals surface area contributed by atoms with Crippen LogP contribution in [0.15, 0.2) is 18.2 Å². The lowest BCUT2D eigenvalue weighted by Crippen LogP contribution is -2.47. The van der Waals surface area contributed by atoms with Crippen LogP contribution in [-0.4, -0.2) is 25.2 Å². The van der Waals surface area contributed by atoms with Gasteiger partial charge in [-0.05, 0) is 26.0 Å². The van der Waals surface area contributed by atoms with Gasteiger partial charge in [0, 0.05) is 7.11 Å². The molecule has 0 aliphatic rings. The summed E-state index contributed by atoms with van der Waals surface area (Å²) in [6, 6.07) is 3.24. The molecule has 0 unspecified atom stereocenters. The number of nitrogens with two attached hydrogens (primary N) is 1. The van der Waals surface area contributed by atoms with Crippen LogP contribution in [-0.2, 0) is 10.9 Å². The van der Waals surface area contributed by atoms with Crippen molar-refractivity contribution in [2.24, 2.45) is 0 Å². The molecule has 1 aromatic carbocycles. The van der Waals surface area contributed by atoms with E-state index in [9.17, 15) is 18.0 Å². The number of carbonyl (C=O) groups is 1. The van der Waals surface area contributed by atoms with Crippen molar-refractivity contribution in [3.63, 3.8) is 0 Å². The fourth-order valence-corrected chi connectivity index (χ4v) is 1.78. The molecule has 0 spiro atoms. The normalized spacial score (nSPS) is 12.3. The molecule has 1 aromatic rings. The first-order chi connectivity index (χ1) is 9.08. The first kappa shape index (κ1) is 16.3. The second kappa shape index (κ2) is 5.70. The fraction of sp³-hybridized carbons (Fsp3) is 0.462. The van der Waals surface area contributed by atoms with E-state index < -0.39 is 28.9 Å². The predicted molar refractivity (Wildman–Crippen MR) is 69.3 cm³/mol. The highest BCUT2D eigenvalue weighted by molar-refractivity contribution is 6.00. The van der Waals surface area contributed by atoms with Gasteiger partial charge in [0.2, 0.25) is 0 Å². The third kappa shape index (κ3) is 3.86. The fourth-order valence-electron chi connectivity index (χ4n) is 1.78. The molecule has 0 saturated carbocycles. The summed E-state index contributed by atoms with van der Waals surface area (Å²) in [6.07, 6.45) is -4.59. The first-order valence-electron chi connectivity index (χ1n) is 5.85. The van der Waals surface area contributed by atoms with E-state index in [4.69, 9.17) is 10.5 Å². The molecule has 4 nitrogen and oxygen atoms in total. The van der Waals surface area contributed by atoms with Gasteiger partial charge in [-0.2, -0.15) is 13.2 Å². The molecule has 0 fully saturated rings. The van der Waals surface area contributed by atoms with Crippen molar-refractivity contribution >= 4 is 11.6 Å². The lowest BCUT2D eigenvalue weighted by Gasteiger charge is -2.25. The first-order valence-corrected chi connectivity index (χ1v) is 5.85. The number of nitrogens with one attached hydrogen (secondary N) is 1. The molecule has 0 heterocycles. The van der Waals surface area contributed by atoms with Crippen LogP contribution in [0.3, 0.4) is 0 Å². The molecule has 112 valence electrons. The number of alkyl halides is 3. The standard InChI is InChI=1S/C13H17F3N2O2/c1-12(2,7-20-3)18-11(19)8-5-4-6-9(10(8)17)13(14,15)16/h4-6H,7,17H2,1-3H3,(H,18,19). The second-order valence-corrected chi connectivity index (χ2v) is 5.04. The van der Waals surface area contributed by atoms with Crippen LogP contribution in [0.5, 0.6) is 0 Å². The second-order valence-electron chi connectivity index (χ2n) is 5.04. The molecule has 0 bridgehead atoms. The molecule has 7 heteroatoms. The predicted octanol–water partition coefficient (Wildman–Crippen LogP) is 2.44. The third-order valence-corrected chi connectivity index (χ3v) is 2.61. The number of hydrogen-bond acceptors (Lipinski definition) is 3. The van der Waals surface area contributed by atoms with Crippen LogP contribution in [0, 0.1) is 0 Å². The number of benzene rings is 1. The van der Waals surface area contributed by atoms with E-state index >= 15 is 0 Å². The Kier molecular flexibility index (Phi) is 4.65. The van der Waals surface area contributed by atoms with Gasteiger partial charge in [-0.1, -0.05) is 6.07 Å². The summed E-state index contributed by atoms with van der Waals surface area (Å²) in [7, 11) is 1.46. The van der Waals surface area contributed by atoms with Gasteiger partial charge in [0.05, 0.1) is 29.0 Å². The van der Waals surface area contributed by atoms with Crippen LogP contribution in [0.2, 0.25) is 0 Å². The van der Waals surface area contributed by atoms with E-state index in [0.29, 0.717) is 0 Å². The number of ether oxygens (including phenoxy) is 1. The molecule has 0 aliphatic heterocycles. The average Bonchev–Trinajstić information content (AvgIpc) is 2.26. The maximum Gasteiger partial charge on any atom is 0.418 e. The van der Waals surface area contributed by atoms with Crippen molar-refractivity contribution in [2.45, 2.75) is 25.6 Å². The highest BCUT2D eigenvalue weighted by atomic mass is 19.4. The van der Waals surface area contributed by atoms with Crippen molar-refractivity contribution in [3.05, 3.63) is 29.3 Å². The van der Waals surface area contributed by atoms with Gasteiger partial charge in [-0.15, -0.1) is 0 Å². The van der Waals surface area contributed by atoms with Crippen molar-refractivity contribution in [1.82, 2.24) is 5.32 Å². The Morgan fingerprint density at radius 1 is 1.35 bits per heavy atom. The molecular weight excluding hydrogens is 273 g/mol. The summed E-state index contributed by atoms with van der Waals surface area (Å²) >= 11 is 0. The number of halogens is 3. The van der Waals surface area contributed by atoms with Crippen molar-refractivity contribution in [3.8, 4) is 0 Å². The zero-order chi connectivity index (χ0) is 15.6. The Bertz CT molecular complexity index is 499. The minimum atomic E-state index is -4.59. The highest BCUT2D eigenvalue weighted by Crippen LogP contribution is 2.34. The molecule has 0 radical (unpaired) electrons. The van der Waals surface area contributed by atoms with Gasteiger partial charge in [0.25, 0.3) is 5.91 Å². The number of rotatable bonds is 4. The molecule has 0 atom stereocenters. The van der Waals surface area contributed by atoms with Crippen molar-refractivity contribution < 1.29 is 22.7 Å². The molecule has 0 aliphatic carbocycles. The van der Waals surface area contributed by atoms with E-state index in [1.165, 1.54) is 13.2 Å². The number of nitrogen functional groups attached to an aromatic ring is 1. The largest absolute Gasteiger partial charge is 0.418 e. The number of amides is 1. The summed E-state index contributed by atoms with van der Waals surface area (Å²) < 4.78 is 43.1. The van der Waals surface area contributed by atoms with E-state index in [0.717, 1.165) is 12.1 Å². The molecular formula is C13H17F3N2O2. The number of anilines is 1. The number of hydrogen-bond donors (Lipinski definition) is 2. The number of carbonyl (C=O) groups excluding carboxylic acids is 1. The molecule has 1 rings (SSSR count). The van der Waals surface area contributed by atoms with Gasteiger partial charge in [0.15, 0.2) is 0 Å². The number of para-hydroxylation sites is 1. The lowest BCUT2D eigenvalue weighted by molar-refractivity contribution is -0.136. The SMILES string of the molecule is COCC(C)(C)NC(=O)c1cccc(C(F)(F)F)c1N. The minimum Gasteiger partial charge on any atom is -0.398 e. The highest BCUT2D eigenvalue weighted by Gasteiger charge is 2.34. The Hall–Kier alpha value is -1.76. The average molecular weight is 290 g/mol. The Labute approximate surface area is 115 Å².